The summed E-state index contributed by atoms with van der Waals surface area (Å²) in [6.45, 7) is 7.42. The summed E-state index contributed by atoms with van der Waals surface area (Å²) >= 11 is 0. The number of allylic oxidation sites excluding steroid dienone is 6. The van der Waals surface area contributed by atoms with E-state index in [0.29, 0.717) is 0 Å². The molecular formula is C18H16N2. The van der Waals surface area contributed by atoms with Crippen LogP contribution < -0.4 is 0 Å². The molecule has 2 rings (SSSR count). The summed E-state index contributed by atoms with van der Waals surface area (Å²) < 4.78 is 0. The maximum Gasteiger partial charge on any atom is 0.0708 e. The SMILES string of the molecule is C=C/C=C\C(=C/C=C)c1cc(-c2cccnc2)ccn1. The highest BCUT2D eigenvalue weighted by molar-refractivity contribution is 5.76. The molecule has 2 heterocycles. The van der Waals surface area contributed by atoms with Gasteiger partial charge in [-0.15, -0.1) is 0 Å². The Hall–Kier alpha value is -2.74. The molecule has 0 fully saturated rings. The molecule has 0 aliphatic carbocycles. The Kier molecular flexibility index (Phi) is 4.79. The van der Waals surface area contributed by atoms with Crippen LogP contribution in [0, 0.1) is 0 Å². The van der Waals surface area contributed by atoms with Crippen molar-refractivity contribution < 1.29 is 0 Å². The van der Waals surface area contributed by atoms with Crippen LogP contribution in [-0.2, 0) is 0 Å². The van der Waals surface area contributed by atoms with Gasteiger partial charge in [0.25, 0.3) is 0 Å². The Labute approximate surface area is 119 Å². The molecular weight excluding hydrogens is 244 g/mol. The molecule has 2 aromatic heterocycles. The number of pyridine rings is 2. The molecule has 2 heteroatoms. The zero-order valence-corrected chi connectivity index (χ0v) is 11.2. The van der Waals surface area contributed by atoms with Crippen LogP contribution in [0.1, 0.15) is 5.69 Å². The molecule has 2 nitrogen and oxygen atoms in total. The van der Waals surface area contributed by atoms with E-state index < -0.39 is 0 Å². The van der Waals surface area contributed by atoms with E-state index in [0.717, 1.165) is 22.4 Å². The molecule has 0 amide bonds. The van der Waals surface area contributed by atoms with Crippen LogP contribution >= 0.6 is 0 Å². The topological polar surface area (TPSA) is 25.8 Å². The fourth-order valence-corrected chi connectivity index (χ4v) is 1.83. The quantitative estimate of drug-likeness (QED) is 0.742. The average Bonchev–Trinajstić information content (AvgIpc) is 2.52. The Morgan fingerprint density at radius 1 is 1.05 bits per heavy atom. The van der Waals surface area contributed by atoms with Crippen LogP contribution in [0.2, 0.25) is 0 Å². The number of rotatable bonds is 5. The van der Waals surface area contributed by atoms with E-state index in [1.165, 1.54) is 0 Å². The largest absolute Gasteiger partial charge is 0.264 e. The first-order chi connectivity index (χ1) is 9.85. The summed E-state index contributed by atoms with van der Waals surface area (Å²) in [4.78, 5) is 8.56. The van der Waals surface area contributed by atoms with Crippen molar-refractivity contribution in [1.29, 1.82) is 0 Å². The Morgan fingerprint density at radius 2 is 1.95 bits per heavy atom. The summed E-state index contributed by atoms with van der Waals surface area (Å²) in [5.74, 6) is 0. The predicted molar refractivity (Wildman–Crippen MR) is 85.0 cm³/mol. The Morgan fingerprint density at radius 3 is 2.65 bits per heavy atom. The smallest absolute Gasteiger partial charge is 0.0708 e. The van der Waals surface area contributed by atoms with Crippen molar-refractivity contribution in [3.8, 4) is 11.1 Å². The van der Waals surface area contributed by atoms with Crippen LogP contribution in [0.5, 0.6) is 0 Å². The molecule has 0 aliphatic rings. The first-order valence-electron chi connectivity index (χ1n) is 6.34. The third kappa shape index (κ3) is 3.39. The summed E-state index contributed by atoms with van der Waals surface area (Å²) in [5, 5.41) is 0. The van der Waals surface area contributed by atoms with Crippen LogP contribution in [0.15, 0.2) is 86.4 Å². The van der Waals surface area contributed by atoms with Gasteiger partial charge in [-0.1, -0.05) is 49.6 Å². The lowest BCUT2D eigenvalue weighted by Crippen LogP contribution is -1.88. The van der Waals surface area contributed by atoms with E-state index in [4.69, 9.17) is 0 Å². The highest BCUT2D eigenvalue weighted by atomic mass is 14.7. The molecule has 0 saturated heterocycles. The molecule has 0 aromatic carbocycles. The minimum absolute atomic E-state index is 0.893. The molecule has 2 aromatic rings. The lowest BCUT2D eigenvalue weighted by molar-refractivity contribution is 1.27. The van der Waals surface area contributed by atoms with Crippen molar-refractivity contribution in [3.05, 3.63) is 92.1 Å². The van der Waals surface area contributed by atoms with Crippen molar-refractivity contribution in [2.75, 3.05) is 0 Å². The van der Waals surface area contributed by atoms with Crippen LogP contribution in [-0.4, -0.2) is 9.97 Å². The van der Waals surface area contributed by atoms with Gasteiger partial charge in [0.2, 0.25) is 0 Å². The first kappa shape index (κ1) is 13.7. The molecule has 20 heavy (non-hydrogen) atoms. The highest BCUT2D eigenvalue weighted by Crippen LogP contribution is 2.22. The molecule has 0 unspecified atom stereocenters. The van der Waals surface area contributed by atoms with Crippen molar-refractivity contribution in [2.45, 2.75) is 0 Å². The van der Waals surface area contributed by atoms with Gasteiger partial charge >= 0.3 is 0 Å². The maximum atomic E-state index is 4.41. The van der Waals surface area contributed by atoms with Gasteiger partial charge in [-0.3, -0.25) is 9.97 Å². The third-order valence-corrected chi connectivity index (χ3v) is 2.76. The molecule has 0 bridgehead atoms. The van der Waals surface area contributed by atoms with E-state index >= 15 is 0 Å². The van der Waals surface area contributed by atoms with Crippen LogP contribution in [0.25, 0.3) is 16.7 Å². The van der Waals surface area contributed by atoms with Crippen LogP contribution in [0.4, 0.5) is 0 Å². The maximum absolute atomic E-state index is 4.41. The van der Waals surface area contributed by atoms with Gasteiger partial charge in [0.05, 0.1) is 5.69 Å². The number of nitrogens with zero attached hydrogens (tertiary/aromatic N) is 2. The van der Waals surface area contributed by atoms with E-state index in [1.54, 1.807) is 24.5 Å². The fourth-order valence-electron chi connectivity index (χ4n) is 1.83. The molecule has 0 atom stereocenters. The minimum Gasteiger partial charge on any atom is -0.264 e. The summed E-state index contributed by atoms with van der Waals surface area (Å²) in [7, 11) is 0. The van der Waals surface area contributed by atoms with E-state index in [-0.39, 0.29) is 0 Å². The van der Waals surface area contributed by atoms with Gasteiger partial charge in [-0.2, -0.15) is 0 Å². The first-order valence-corrected chi connectivity index (χ1v) is 6.34. The van der Waals surface area contributed by atoms with E-state index in [9.17, 15) is 0 Å². The second-order valence-corrected chi connectivity index (χ2v) is 4.12. The molecule has 0 N–H and O–H groups in total. The van der Waals surface area contributed by atoms with Crippen molar-refractivity contribution in [2.24, 2.45) is 0 Å². The average molecular weight is 260 g/mol. The van der Waals surface area contributed by atoms with Crippen molar-refractivity contribution >= 4 is 5.57 Å². The molecule has 0 radical (unpaired) electrons. The van der Waals surface area contributed by atoms with E-state index in [1.807, 2.05) is 48.7 Å². The van der Waals surface area contributed by atoms with Gasteiger partial charge < -0.3 is 0 Å². The van der Waals surface area contributed by atoms with Gasteiger partial charge in [0.15, 0.2) is 0 Å². The minimum atomic E-state index is 0.893. The summed E-state index contributed by atoms with van der Waals surface area (Å²) in [6, 6.07) is 7.97. The summed E-state index contributed by atoms with van der Waals surface area (Å²) in [5.41, 5.74) is 4.04. The lowest BCUT2D eigenvalue weighted by Gasteiger charge is -2.05. The van der Waals surface area contributed by atoms with Crippen molar-refractivity contribution in [3.63, 3.8) is 0 Å². The van der Waals surface area contributed by atoms with Gasteiger partial charge in [-0.25, -0.2) is 0 Å². The molecule has 0 saturated carbocycles. The second-order valence-electron chi connectivity index (χ2n) is 4.12. The third-order valence-electron chi connectivity index (χ3n) is 2.76. The Balaban J connectivity index is 2.43. The number of hydrogen-bond donors (Lipinski definition) is 0. The molecule has 0 spiro atoms. The van der Waals surface area contributed by atoms with Gasteiger partial charge in [0, 0.05) is 29.7 Å². The Bertz CT molecular complexity index is 652. The standard InChI is InChI=1S/C18H16N2/c1-3-5-8-15(7-4-2)18-13-16(10-12-20-18)17-9-6-11-19-14-17/h3-14H,1-2H2/b8-5-,15-7+. The predicted octanol–water partition coefficient (Wildman–Crippen LogP) is 4.46. The second kappa shape index (κ2) is 7.00. The van der Waals surface area contributed by atoms with Crippen LogP contribution in [0.3, 0.4) is 0 Å². The zero-order valence-electron chi connectivity index (χ0n) is 11.2. The number of hydrogen-bond acceptors (Lipinski definition) is 2. The highest BCUT2D eigenvalue weighted by Gasteiger charge is 2.02. The van der Waals surface area contributed by atoms with Gasteiger partial charge in [0.1, 0.15) is 0 Å². The normalized spacial score (nSPS) is 11.5. The number of aromatic nitrogens is 2. The molecule has 0 aliphatic heterocycles. The lowest BCUT2D eigenvalue weighted by atomic mass is 10.0. The molecule has 98 valence electrons. The van der Waals surface area contributed by atoms with Gasteiger partial charge in [-0.05, 0) is 23.8 Å². The van der Waals surface area contributed by atoms with Crippen molar-refractivity contribution in [1.82, 2.24) is 9.97 Å². The zero-order chi connectivity index (χ0) is 14.2. The summed E-state index contributed by atoms with van der Waals surface area (Å²) in [6.07, 6.45) is 14.7. The monoisotopic (exact) mass is 260 g/mol. The fraction of sp³-hybridized carbons (Fsp3) is 0. The van der Waals surface area contributed by atoms with E-state index in [2.05, 4.69) is 23.1 Å².